The van der Waals surface area contributed by atoms with Crippen LogP contribution < -0.4 is 14.8 Å². The minimum absolute atomic E-state index is 0.0384. The molecule has 0 fully saturated rings. The van der Waals surface area contributed by atoms with Crippen LogP contribution >= 0.6 is 11.8 Å². The number of hydrogen-bond donors (Lipinski definition) is 3. The summed E-state index contributed by atoms with van der Waals surface area (Å²) in [5, 5.41) is 12.0. The molecule has 1 unspecified atom stereocenters. The fraction of sp³-hybridized carbons (Fsp3) is 0.500. The fourth-order valence-electron chi connectivity index (χ4n) is 2.86. The highest BCUT2D eigenvalue weighted by Gasteiger charge is 2.21. The maximum Gasteiger partial charge on any atom is 0.387 e. The molecule has 2 rings (SSSR count). The fourth-order valence-corrected chi connectivity index (χ4v) is 4.12. The lowest BCUT2D eigenvalue weighted by Crippen LogP contribution is -2.27. The Labute approximate surface area is 201 Å². The molecule has 10 nitrogen and oxygen atoms in total. The molecule has 188 valence electrons. The first-order valence-corrected chi connectivity index (χ1v) is 13.0. The van der Waals surface area contributed by atoms with Gasteiger partial charge in [0.05, 0.1) is 24.2 Å². The molecule has 34 heavy (non-hydrogen) atoms. The van der Waals surface area contributed by atoms with E-state index in [0.717, 1.165) is 18.0 Å². The number of rotatable bonds is 13. The molecule has 0 amide bonds. The molecule has 3 N–H and O–H groups in total. The van der Waals surface area contributed by atoms with Crippen molar-refractivity contribution in [2.75, 3.05) is 22.9 Å². The van der Waals surface area contributed by atoms with E-state index in [1.165, 1.54) is 24.3 Å². The Balaban J connectivity index is 2.24. The van der Waals surface area contributed by atoms with Crippen LogP contribution in [-0.4, -0.2) is 65.0 Å². The van der Waals surface area contributed by atoms with Crippen molar-refractivity contribution >= 4 is 39.5 Å². The molecule has 2 atom stereocenters. The third-order valence-electron chi connectivity index (χ3n) is 4.22. The second kappa shape index (κ2) is 12.2. The van der Waals surface area contributed by atoms with E-state index >= 15 is 0 Å². The van der Waals surface area contributed by atoms with Crippen LogP contribution in [0.25, 0.3) is 0 Å². The first-order chi connectivity index (χ1) is 15.9. The number of nitrogens with zero attached hydrogens (tertiary/aromatic N) is 3. The first kappa shape index (κ1) is 27.7. The van der Waals surface area contributed by atoms with Gasteiger partial charge in [0.25, 0.3) is 0 Å². The number of benzene rings is 1. The molecule has 0 spiro atoms. The SMILES string of the molecule is CC(C)C[C@H](CO)Nc1nc(NS(C)(=O)=O)nc(SC(C)C(=O)c2ccc(OC(F)F)cc2)n1. The van der Waals surface area contributed by atoms with Gasteiger partial charge in [-0.25, -0.2) is 8.42 Å². The number of thioether (sulfide) groups is 1. The highest BCUT2D eigenvalue weighted by molar-refractivity contribution is 8.00. The zero-order valence-corrected chi connectivity index (χ0v) is 20.7. The average Bonchev–Trinajstić information content (AvgIpc) is 2.71. The van der Waals surface area contributed by atoms with Crippen LogP contribution in [0.3, 0.4) is 0 Å². The summed E-state index contributed by atoms with van der Waals surface area (Å²) in [4.78, 5) is 25.2. The number of alkyl halides is 2. The van der Waals surface area contributed by atoms with E-state index in [2.05, 4.69) is 29.7 Å². The maximum absolute atomic E-state index is 12.8. The molecule has 2 aromatic rings. The van der Waals surface area contributed by atoms with Gasteiger partial charge in [-0.15, -0.1) is 0 Å². The number of aromatic nitrogens is 3. The van der Waals surface area contributed by atoms with Crippen molar-refractivity contribution in [3.8, 4) is 5.75 Å². The van der Waals surface area contributed by atoms with Crippen molar-refractivity contribution in [2.45, 2.75) is 50.3 Å². The van der Waals surface area contributed by atoms with Crippen molar-refractivity contribution in [1.82, 2.24) is 15.0 Å². The van der Waals surface area contributed by atoms with Crippen molar-refractivity contribution in [2.24, 2.45) is 5.92 Å². The van der Waals surface area contributed by atoms with Crippen LogP contribution in [0.2, 0.25) is 0 Å². The number of sulfonamides is 1. The number of nitrogens with one attached hydrogen (secondary N) is 2. The number of ketones is 1. The lowest BCUT2D eigenvalue weighted by atomic mass is 10.0. The maximum atomic E-state index is 12.8. The summed E-state index contributed by atoms with van der Waals surface area (Å²) in [6.45, 7) is 2.40. The zero-order chi connectivity index (χ0) is 25.5. The molecular formula is C20H27F2N5O5S2. The largest absolute Gasteiger partial charge is 0.435 e. The third kappa shape index (κ3) is 9.35. The normalized spacial score (nSPS) is 13.6. The number of halogens is 2. The molecule has 0 aliphatic rings. The second-order valence-corrected chi connectivity index (χ2v) is 10.9. The minimum Gasteiger partial charge on any atom is -0.435 e. The molecule has 0 radical (unpaired) electrons. The van der Waals surface area contributed by atoms with Crippen LogP contribution in [0.4, 0.5) is 20.7 Å². The van der Waals surface area contributed by atoms with E-state index < -0.39 is 21.9 Å². The Kier molecular flexibility index (Phi) is 9.94. The molecule has 14 heteroatoms. The van der Waals surface area contributed by atoms with E-state index in [9.17, 15) is 27.1 Å². The van der Waals surface area contributed by atoms with Crippen LogP contribution in [0.1, 0.15) is 37.6 Å². The predicted molar refractivity (Wildman–Crippen MR) is 125 cm³/mol. The summed E-state index contributed by atoms with van der Waals surface area (Å²) in [7, 11) is -3.69. The lowest BCUT2D eigenvalue weighted by molar-refractivity contribution is -0.0498. The number of carbonyl (C=O) groups is 1. The number of anilines is 2. The van der Waals surface area contributed by atoms with Crippen LogP contribution in [0.15, 0.2) is 29.4 Å². The third-order valence-corrected chi connectivity index (χ3v) is 5.73. The quantitative estimate of drug-likeness (QED) is 0.267. The average molecular weight is 520 g/mol. The van der Waals surface area contributed by atoms with E-state index in [-0.39, 0.29) is 52.7 Å². The van der Waals surface area contributed by atoms with Crippen LogP contribution in [0, 0.1) is 5.92 Å². The van der Waals surface area contributed by atoms with Gasteiger partial charge in [-0.3, -0.25) is 9.52 Å². The summed E-state index contributed by atoms with van der Waals surface area (Å²) in [5.74, 6) is -0.331. The number of aliphatic hydroxyl groups is 1. The van der Waals surface area contributed by atoms with Gasteiger partial charge in [-0.2, -0.15) is 23.7 Å². The van der Waals surface area contributed by atoms with Crippen molar-refractivity contribution in [3.63, 3.8) is 0 Å². The van der Waals surface area contributed by atoms with E-state index in [0.29, 0.717) is 6.42 Å². The molecule has 1 aromatic carbocycles. The lowest BCUT2D eigenvalue weighted by Gasteiger charge is -2.19. The summed E-state index contributed by atoms with van der Waals surface area (Å²) in [5.41, 5.74) is 0.265. The Hall–Kier alpha value is -2.58. The predicted octanol–water partition coefficient (Wildman–Crippen LogP) is 3.03. The zero-order valence-electron chi connectivity index (χ0n) is 19.0. The molecule has 0 saturated carbocycles. The first-order valence-electron chi connectivity index (χ1n) is 10.2. The van der Waals surface area contributed by atoms with Crippen molar-refractivity contribution in [1.29, 1.82) is 0 Å². The number of aliphatic hydroxyl groups excluding tert-OH is 1. The van der Waals surface area contributed by atoms with E-state index in [4.69, 9.17) is 0 Å². The summed E-state index contributed by atoms with van der Waals surface area (Å²) < 4.78 is 54.4. The number of ether oxygens (including phenoxy) is 1. The summed E-state index contributed by atoms with van der Waals surface area (Å²) in [6.07, 6.45) is 1.55. The molecule has 0 aliphatic heterocycles. The van der Waals surface area contributed by atoms with Gasteiger partial charge in [-0.1, -0.05) is 25.6 Å². The number of hydrogen-bond acceptors (Lipinski definition) is 10. The van der Waals surface area contributed by atoms with Gasteiger partial charge in [-0.05, 0) is 43.5 Å². The van der Waals surface area contributed by atoms with Gasteiger partial charge >= 0.3 is 6.61 Å². The van der Waals surface area contributed by atoms with Gasteiger partial charge in [0.15, 0.2) is 10.9 Å². The highest BCUT2D eigenvalue weighted by atomic mass is 32.2. The highest BCUT2D eigenvalue weighted by Crippen LogP contribution is 2.26. The smallest absolute Gasteiger partial charge is 0.387 e. The van der Waals surface area contributed by atoms with Crippen LogP contribution in [0.5, 0.6) is 5.75 Å². The minimum atomic E-state index is -3.69. The Morgan fingerprint density at radius 3 is 2.26 bits per heavy atom. The monoisotopic (exact) mass is 519 g/mol. The Morgan fingerprint density at radius 1 is 1.12 bits per heavy atom. The van der Waals surface area contributed by atoms with E-state index in [1.54, 1.807) is 6.92 Å². The van der Waals surface area contributed by atoms with Crippen molar-refractivity contribution < 1.29 is 31.8 Å². The second-order valence-electron chi connectivity index (χ2n) is 7.82. The molecular weight excluding hydrogens is 492 g/mol. The Morgan fingerprint density at radius 2 is 1.74 bits per heavy atom. The molecule has 1 aromatic heterocycles. The topological polar surface area (TPSA) is 143 Å². The molecule has 0 bridgehead atoms. The summed E-state index contributed by atoms with van der Waals surface area (Å²) in [6, 6.07) is 4.89. The summed E-state index contributed by atoms with van der Waals surface area (Å²) >= 11 is 0.964. The molecule has 0 saturated heterocycles. The van der Waals surface area contributed by atoms with Crippen LogP contribution in [-0.2, 0) is 10.0 Å². The van der Waals surface area contributed by atoms with E-state index in [1.807, 2.05) is 13.8 Å². The number of Topliss-reactive ketones (excluding diaryl/α,β-unsaturated/α-hetero) is 1. The number of carbonyl (C=O) groups excluding carboxylic acids is 1. The van der Waals surface area contributed by atoms with Gasteiger partial charge in [0.2, 0.25) is 21.9 Å². The van der Waals surface area contributed by atoms with Gasteiger partial charge in [0, 0.05) is 5.56 Å². The molecule has 1 heterocycles. The Bertz CT molecular complexity index is 1070. The molecule has 0 aliphatic carbocycles. The van der Waals surface area contributed by atoms with Gasteiger partial charge in [0.1, 0.15) is 5.75 Å². The standard InChI is InChI=1S/C20H27F2N5O5S2/c1-11(2)9-14(10-28)23-18-24-19(27-34(4,30)31)26-20(25-18)33-12(3)16(29)13-5-7-15(8-6-13)32-17(21)22/h5-8,11-12,14,17,28H,9-10H2,1-4H3,(H2,23,24,25,26,27)/t12?,14-/m1/s1. The van der Waals surface area contributed by atoms with Crippen molar-refractivity contribution in [3.05, 3.63) is 29.8 Å². The van der Waals surface area contributed by atoms with Gasteiger partial charge < -0.3 is 15.2 Å².